The predicted molar refractivity (Wildman–Crippen MR) is 216 cm³/mol. The molecule has 0 bridgehead atoms. The Hall–Kier alpha value is -5.86. The quantitative estimate of drug-likeness (QED) is 0.182. The van der Waals surface area contributed by atoms with Gasteiger partial charge in [0.25, 0.3) is 0 Å². The number of para-hydroxylation sites is 2. The lowest BCUT2D eigenvalue weighted by molar-refractivity contribution is 0.395. The van der Waals surface area contributed by atoms with Gasteiger partial charge in [-0.05, 0) is 93.4 Å². The zero-order chi connectivity index (χ0) is 34.1. The molecule has 1 heterocycles. The summed E-state index contributed by atoms with van der Waals surface area (Å²) in [7, 11) is 0. The van der Waals surface area contributed by atoms with Crippen molar-refractivity contribution >= 4 is 44.8 Å². The number of nitrogens with zero attached hydrogens (tertiary/aromatic N) is 2. The molecule has 0 fully saturated rings. The van der Waals surface area contributed by atoms with Crippen molar-refractivity contribution in [3.8, 4) is 11.1 Å². The number of fused-ring (bicyclic) bond motifs is 7. The van der Waals surface area contributed by atoms with Gasteiger partial charge in [0.05, 0.1) is 17.4 Å². The summed E-state index contributed by atoms with van der Waals surface area (Å²) >= 11 is 0. The third-order valence-electron chi connectivity index (χ3n) is 11.8. The van der Waals surface area contributed by atoms with E-state index in [1.54, 1.807) is 0 Å². The zero-order valence-corrected chi connectivity index (χ0v) is 29.1. The molecule has 4 aliphatic rings. The van der Waals surface area contributed by atoms with Crippen LogP contribution < -0.4 is 9.80 Å². The van der Waals surface area contributed by atoms with Gasteiger partial charge in [-0.25, -0.2) is 0 Å². The summed E-state index contributed by atoms with van der Waals surface area (Å²) in [5.41, 5.74) is 14.3. The van der Waals surface area contributed by atoms with Crippen LogP contribution in [0.15, 0.2) is 176 Å². The number of hydrogen-bond acceptors (Lipinski definition) is 2. The Morgan fingerprint density at radius 1 is 0.627 bits per heavy atom. The Kier molecular flexibility index (Phi) is 6.83. The first-order chi connectivity index (χ1) is 25.1. The van der Waals surface area contributed by atoms with Crippen molar-refractivity contribution in [2.75, 3.05) is 9.80 Å². The number of allylic oxidation sites excluding steroid dienone is 6. The molecule has 0 spiro atoms. The highest BCUT2D eigenvalue weighted by Crippen LogP contribution is 2.56. The van der Waals surface area contributed by atoms with Crippen molar-refractivity contribution in [1.82, 2.24) is 0 Å². The fraction of sp³-hybridized carbons (Fsp3) is 0.143. The van der Waals surface area contributed by atoms with Crippen LogP contribution in [0, 0.1) is 5.92 Å². The maximum Gasteiger partial charge on any atom is 0.0632 e. The van der Waals surface area contributed by atoms with E-state index in [0.717, 1.165) is 17.8 Å². The van der Waals surface area contributed by atoms with Crippen molar-refractivity contribution in [2.45, 2.75) is 37.6 Å². The van der Waals surface area contributed by atoms with Crippen LogP contribution in [0.4, 0.5) is 28.4 Å². The smallest absolute Gasteiger partial charge is 0.0632 e. The van der Waals surface area contributed by atoms with Gasteiger partial charge in [0.15, 0.2) is 0 Å². The van der Waals surface area contributed by atoms with Crippen molar-refractivity contribution in [3.63, 3.8) is 0 Å². The molecule has 0 saturated carbocycles. The van der Waals surface area contributed by atoms with Crippen LogP contribution in [0.25, 0.3) is 27.5 Å². The van der Waals surface area contributed by atoms with Gasteiger partial charge in [-0.3, -0.25) is 0 Å². The zero-order valence-electron chi connectivity index (χ0n) is 29.1. The molecule has 0 saturated heterocycles. The first-order valence-electron chi connectivity index (χ1n) is 18.3. The van der Waals surface area contributed by atoms with Gasteiger partial charge in [-0.2, -0.15) is 0 Å². The lowest BCUT2D eigenvalue weighted by Crippen LogP contribution is -2.27. The average molecular weight is 657 g/mol. The standard InChI is InChI=1S/C49H40N2/c1-49(2)44-26-13-11-21-38(44)43-25-15-24-42(48(43)49)37-30-31-46(39-22-10-9-20-36(37)39)50(33-16-5-3-6-17-33)35-28-29-41-40-23-12-14-27-45(40)51(47(41)32-35)34-18-7-4-8-19-34/h3-26,28-32,38,44-45H,27H2,1-2H3. The maximum atomic E-state index is 2.54. The maximum absolute atomic E-state index is 2.54. The molecule has 1 aliphatic heterocycles. The van der Waals surface area contributed by atoms with Crippen LogP contribution in [0.1, 0.15) is 42.9 Å². The predicted octanol–water partition coefficient (Wildman–Crippen LogP) is 13.0. The summed E-state index contributed by atoms with van der Waals surface area (Å²) in [5.74, 6) is 0.882. The third-order valence-corrected chi connectivity index (χ3v) is 11.8. The lowest BCUT2D eigenvalue weighted by atomic mass is 9.73. The van der Waals surface area contributed by atoms with Gasteiger partial charge in [0, 0.05) is 33.9 Å². The van der Waals surface area contributed by atoms with Gasteiger partial charge in [0.1, 0.15) is 0 Å². The number of anilines is 5. The van der Waals surface area contributed by atoms with E-state index in [1.165, 1.54) is 61.2 Å². The highest BCUT2D eigenvalue weighted by Gasteiger charge is 2.46. The molecular weight excluding hydrogens is 617 g/mol. The number of benzene rings is 6. The fourth-order valence-corrected chi connectivity index (χ4v) is 9.58. The Morgan fingerprint density at radius 2 is 1.37 bits per heavy atom. The largest absolute Gasteiger partial charge is 0.333 e. The minimum atomic E-state index is 0.0187. The van der Waals surface area contributed by atoms with E-state index >= 15 is 0 Å². The van der Waals surface area contributed by atoms with Gasteiger partial charge in [-0.1, -0.05) is 147 Å². The van der Waals surface area contributed by atoms with Gasteiger partial charge in [-0.15, -0.1) is 0 Å². The number of hydrogen-bond donors (Lipinski definition) is 0. The molecular formula is C49H40N2. The van der Waals surface area contributed by atoms with E-state index in [9.17, 15) is 0 Å². The molecule has 3 aliphatic carbocycles. The van der Waals surface area contributed by atoms with E-state index in [1.807, 2.05) is 0 Å². The normalized spacial score (nSPS) is 20.5. The van der Waals surface area contributed by atoms with Crippen LogP contribution in [-0.4, -0.2) is 6.04 Å². The SMILES string of the molecule is CC1(C)c2c(-c3ccc(N(c4ccccc4)c4ccc5c(c4)N(c4ccccc4)C4CC=CC=C54)c4ccccc34)cccc2C2C=CC=CC21. The van der Waals surface area contributed by atoms with Gasteiger partial charge < -0.3 is 9.80 Å². The monoisotopic (exact) mass is 656 g/mol. The molecule has 0 amide bonds. The van der Waals surface area contributed by atoms with Crippen LogP contribution >= 0.6 is 0 Å². The van der Waals surface area contributed by atoms with Crippen molar-refractivity contribution < 1.29 is 0 Å². The van der Waals surface area contributed by atoms with E-state index in [0.29, 0.717) is 17.9 Å². The van der Waals surface area contributed by atoms with Crippen molar-refractivity contribution in [3.05, 3.63) is 193 Å². The summed E-state index contributed by atoms with van der Waals surface area (Å²) in [6.45, 7) is 4.87. The molecule has 3 atom stereocenters. The highest BCUT2D eigenvalue weighted by atomic mass is 15.2. The van der Waals surface area contributed by atoms with Crippen molar-refractivity contribution in [1.29, 1.82) is 0 Å². The minimum Gasteiger partial charge on any atom is -0.333 e. The molecule has 51 heavy (non-hydrogen) atoms. The Labute approximate surface area is 301 Å². The lowest BCUT2D eigenvalue weighted by Gasteiger charge is -2.31. The summed E-state index contributed by atoms with van der Waals surface area (Å²) in [5, 5.41) is 2.51. The molecule has 10 rings (SSSR count). The summed E-state index contributed by atoms with van der Waals surface area (Å²) in [4.78, 5) is 4.99. The summed E-state index contributed by atoms with van der Waals surface area (Å²) in [6.07, 6.45) is 17.1. The first-order valence-corrected chi connectivity index (χ1v) is 18.3. The molecule has 2 heteroatoms. The molecule has 246 valence electrons. The van der Waals surface area contributed by atoms with Crippen LogP contribution in [0.5, 0.6) is 0 Å². The molecule has 6 aromatic rings. The first kappa shape index (κ1) is 30.0. The molecule has 0 N–H and O–H groups in total. The molecule has 6 aromatic carbocycles. The number of rotatable bonds is 5. The van der Waals surface area contributed by atoms with Gasteiger partial charge >= 0.3 is 0 Å². The second kappa shape index (κ2) is 11.6. The third kappa shape index (κ3) is 4.56. The van der Waals surface area contributed by atoms with E-state index < -0.39 is 0 Å². The molecule has 0 aromatic heterocycles. The molecule has 2 nitrogen and oxygen atoms in total. The topological polar surface area (TPSA) is 6.48 Å². The Morgan fingerprint density at radius 3 is 2.22 bits per heavy atom. The Bertz CT molecular complexity index is 2450. The van der Waals surface area contributed by atoms with Crippen LogP contribution in [0.2, 0.25) is 0 Å². The summed E-state index contributed by atoms with van der Waals surface area (Å²) < 4.78 is 0. The van der Waals surface area contributed by atoms with E-state index in [4.69, 9.17) is 0 Å². The second-order valence-corrected chi connectivity index (χ2v) is 14.9. The minimum absolute atomic E-state index is 0.0187. The van der Waals surface area contributed by atoms with Gasteiger partial charge in [0.2, 0.25) is 0 Å². The molecule has 3 unspecified atom stereocenters. The molecule has 0 radical (unpaired) electrons. The van der Waals surface area contributed by atoms with Crippen molar-refractivity contribution in [2.24, 2.45) is 5.92 Å². The van der Waals surface area contributed by atoms with Crippen LogP contribution in [0.3, 0.4) is 0 Å². The van der Waals surface area contributed by atoms with E-state index in [2.05, 4.69) is 200 Å². The average Bonchev–Trinajstić information content (AvgIpc) is 3.64. The van der Waals surface area contributed by atoms with Crippen LogP contribution in [-0.2, 0) is 5.41 Å². The fourth-order valence-electron chi connectivity index (χ4n) is 9.58. The second-order valence-electron chi connectivity index (χ2n) is 14.9. The Balaban J connectivity index is 1.16. The summed E-state index contributed by atoms with van der Waals surface area (Å²) in [6, 6.07) is 49.8. The van der Waals surface area contributed by atoms with E-state index in [-0.39, 0.29) is 5.41 Å². The highest BCUT2D eigenvalue weighted by molar-refractivity contribution is 6.07.